The van der Waals surface area contributed by atoms with E-state index in [-0.39, 0.29) is 0 Å². The fourth-order valence-electron chi connectivity index (χ4n) is 4.48. The molecule has 3 nitrogen and oxygen atoms in total. The highest BCUT2D eigenvalue weighted by molar-refractivity contribution is 5.85. The van der Waals surface area contributed by atoms with Gasteiger partial charge in [0.15, 0.2) is 0 Å². The Kier molecular flexibility index (Phi) is 3.63. The maximum absolute atomic E-state index is 9.17. The molecule has 22 heavy (non-hydrogen) atoms. The lowest BCUT2D eigenvalue weighted by molar-refractivity contribution is 0.267. The Labute approximate surface area is 131 Å². The molecule has 2 aliphatic rings. The van der Waals surface area contributed by atoms with Crippen LogP contribution in [0.1, 0.15) is 49.1 Å². The second kappa shape index (κ2) is 5.78. The average molecular weight is 293 g/mol. The molecule has 1 saturated heterocycles. The van der Waals surface area contributed by atoms with Crippen LogP contribution in [-0.4, -0.2) is 29.5 Å². The predicted molar refractivity (Wildman–Crippen MR) is 88.8 cm³/mol. The van der Waals surface area contributed by atoms with E-state index in [1.54, 1.807) is 0 Å². The second-order valence-electron chi connectivity index (χ2n) is 6.92. The van der Waals surface area contributed by atoms with E-state index >= 15 is 0 Å². The Morgan fingerprint density at radius 1 is 1.18 bits per heavy atom. The van der Waals surface area contributed by atoms with E-state index in [4.69, 9.17) is 5.26 Å². The Bertz CT molecular complexity index is 703. The molecule has 1 aliphatic heterocycles. The maximum Gasteiger partial charge on any atom is 0.0991 e. The fraction of sp³-hybridized carbons (Fsp3) is 0.526. The highest BCUT2D eigenvalue weighted by Crippen LogP contribution is 2.43. The Balaban J connectivity index is 1.63. The maximum atomic E-state index is 9.17. The van der Waals surface area contributed by atoms with Crippen molar-refractivity contribution in [3.63, 3.8) is 0 Å². The van der Waals surface area contributed by atoms with Crippen LogP contribution in [-0.2, 0) is 0 Å². The van der Waals surface area contributed by atoms with Crippen molar-refractivity contribution in [2.45, 2.75) is 38.0 Å². The first kappa shape index (κ1) is 13.8. The molecule has 2 fully saturated rings. The number of hydrogen-bond donors (Lipinski definition) is 1. The largest absolute Gasteiger partial charge is 0.361 e. The van der Waals surface area contributed by atoms with E-state index in [9.17, 15) is 0 Å². The molecular weight excluding hydrogens is 270 g/mol. The van der Waals surface area contributed by atoms with E-state index in [1.165, 1.54) is 68.2 Å². The molecular formula is C19H23N3. The topological polar surface area (TPSA) is 42.8 Å². The van der Waals surface area contributed by atoms with Gasteiger partial charge in [0.2, 0.25) is 0 Å². The standard InChI is InChI=1S/C19H23N3/c20-11-14-6-7-19-17(10-14)18(12-21-19)16-5-3-4-15(16)13-22-8-1-2-9-22/h6-7,10,12,15-16,21H,1-5,8-9,13H2/t15-,16+/m0/s1. The molecule has 0 amide bonds. The van der Waals surface area contributed by atoms with Crippen molar-refractivity contribution in [1.29, 1.82) is 5.26 Å². The van der Waals surface area contributed by atoms with Crippen molar-refractivity contribution < 1.29 is 0 Å². The second-order valence-corrected chi connectivity index (χ2v) is 6.92. The lowest BCUT2D eigenvalue weighted by Gasteiger charge is -2.25. The van der Waals surface area contributed by atoms with Crippen molar-refractivity contribution in [2.75, 3.05) is 19.6 Å². The van der Waals surface area contributed by atoms with Gasteiger partial charge >= 0.3 is 0 Å². The van der Waals surface area contributed by atoms with Crippen LogP contribution >= 0.6 is 0 Å². The van der Waals surface area contributed by atoms with Gasteiger partial charge in [-0.3, -0.25) is 0 Å². The van der Waals surface area contributed by atoms with Crippen molar-refractivity contribution in [3.05, 3.63) is 35.5 Å². The van der Waals surface area contributed by atoms with Crippen molar-refractivity contribution in [3.8, 4) is 6.07 Å². The number of H-pyrrole nitrogens is 1. The predicted octanol–water partition coefficient (Wildman–Crippen LogP) is 4.02. The zero-order valence-corrected chi connectivity index (χ0v) is 13.0. The number of aromatic amines is 1. The van der Waals surface area contributed by atoms with E-state index in [1.807, 2.05) is 12.1 Å². The number of nitriles is 1. The lowest BCUT2D eigenvalue weighted by atomic mass is 9.88. The summed E-state index contributed by atoms with van der Waals surface area (Å²) < 4.78 is 0. The van der Waals surface area contributed by atoms with Crippen LogP contribution < -0.4 is 0 Å². The average Bonchev–Trinajstić information content (AvgIpc) is 3.27. The van der Waals surface area contributed by atoms with Crippen LogP contribution in [0.2, 0.25) is 0 Å². The third kappa shape index (κ3) is 2.42. The first-order chi connectivity index (χ1) is 10.8. The van der Waals surface area contributed by atoms with E-state index < -0.39 is 0 Å². The van der Waals surface area contributed by atoms with E-state index in [0.717, 1.165) is 11.5 Å². The van der Waals surface area contributed by atoms with E-state index in [2.05, 4.69) is 28.2 Å². The number of benzene rings is 1. The summed E-state index contributed by atoms with van der Waals surface area (Å²) in [5.41, 5.74) is 3.37. The summed E-state index contributed by atoms with van der Waals surface area (Å²) in [6.07, 6.45) is 8.92. The zero-order chi connectivity index (χ0) is 14.9. The molecule has 1 aromatic carbocycles. The molecule has 1 aromatic heterocycles. The molecule has 1 saturated carbocycles. The van der Waals surface area contributed by atoms with Crippen LogP contribution in [0.4, 0.5) is 0 Å². The van der Waals surface area contributed by atoms with Crippen LogP contribution in [0.15, 0.2) is 24.4 Å². The number of rotatable bonds is 3. The van der Waals surface area contributed by atoms with Gasteiger partial charge in [0.1, 0.15) is 0 Å². The number of nitrogens with one attached hydrogen (secondary N) is 1. The molecule has 114 valence electrons. The molecule has 4 rings (SSSR count). The van der Waals surface area contributed by atoms with Gasteiger partial charge < -0.3 is 9.88 Å². The first-order valence-electron chi connectivity index (χ1n) is 8.58. The molecule has 1 N–H and O–H groups in total. The third-order valence-electron chi connectivity index (χ3n) is 5.59. The first-order valence-corrected chi connectivity index (χ1v) is 8.58. The molecule has 2 atom stereocenters. The molecule has 2 aromatic rings. The van der Waals surface area contributed by atoms with Crippen molar-refractivity contribution >= 4 is 10.9 Å². The number of fused-ring (bicyclic) bond motifs is 1. The van der Waals surface area contributed by atoms with Crippen LogP contribution in [0.25, 0.3) is 10.9 Å². The molecule has 1 aliphatic carbocycles. The minimum absolute atomic E-state index is 0.656. The summed E-state index contributed by atoms with van der Waals surface area (Å²) in [5, 5.41) is 10.4. The van der Waals surface area contributed by atoms with E-state index in [0.29, 0.717) is 5.92 Å². The summed E-state index contributed by atoms with van der Waals surface area (Å²) >= 11 is 0. The van der Waals surface area contributed by atoms with Gasteiger partial charge in [0.25, 0.3) is 0 Å². The summed E-state index contributed by atoms with van der Waals surface area (Å²) in [6, 6.07) is 8.28. The quantitative estimate of drug-likeness (QED) is 0.928. The minimum Gasteiger partial charge on any atom is -0.361 e. The van der Waals surface area contributed by atoms with Crippen LogP contribution in [0, 0.1) is 17.2 Å². The Morgan fingerprint density at radius 3 is 2.86 bits per heavy atom. The monoisotopic (exact) mass is 293 g/mol. The van der Waals surface area contributed by atoms with Gasteiger partial charge in [-0.25, -0.2) is 0 Å². The van der Waals surface area contributed by atoms with Gasteiger partial charge in [0, 0.05) is 23.6 Å². The summed E-state index contributed by atoms with van der Waals surface area (Å²) in [5.74, 6) is 1.44. The highest BCUT2D eigenvalue weighted by Gasteiger charge is 2.32. The minimum atomic E-state index is 0.656. The number of nitrogens with zero attached hydrogens (tertiary/aromatic N) is 2. The Morgan fingerprint density at radius 2 is 2.05 bits per heavy atom. The van der Waals surface area contributed by atoms with Crippen molar-refractivity contribution in [2.24, 2.45) is 5.92 Å². The SMILES string of the molecule is N#Cc1ccc2[nH]cc([C@@H]3CCC[C@H]3CN3CCCC3)c2c1. The third-order valence-corrected chi connectivity index (χ3v) is 5.59. The fourth-order valence-corrected chi connectivity index (χ4v) is 4.48. The van der Waals surface area contributed by atoms with Gasteiger partial charge in [0.05, 0.1) is 11.6 Å². The van der Waals surface area contributed by atoms with Crippen LogP contribution in [0.5, 0.6) is 0 Å². The molecule has 0 bridgehead atoms. The summed E-state index contributed by atoms with van der Waals surface area (Å²) in [6.45, 7) is 3.83. The van der Waals surface area contributed by atoms with Crippen LogP contribution in [0.3, 0.4) is 0 Å². The van der Waals surface area contributed by atoms with Crippen molar-refractivity contribution in [1.82, 2.24) is 9.88 Å². The van der Waals surface area contributed by atoms with Gasteiger partial charge in [-0.15, -0.1) is 0 Å². The van der Waals surface area contributed by atoms with Gasteiger partial charge in [-0.05, 0) is 74.4 Å². The smallest absolute Gasteiger partial charge is 0.0991 e. The summed E-state index contributed by atoms with van der Waals surface area (Å²) in [4.78, 5) is 6.06. The molecule has 0 spiro atoms. The highest BCUT2D eigenvalue weighted by atomic mass is 15.1. The molecule has 2 heterocycles. The number of hydrogen-bond acceptors (Lipinski definition) is 2. The Hall–Kier alpha value is -1.79. The summed E-state index contributed by atoms with van der Waals surface area (Å²) in [7, 11) is 0. The molecule has 0 unspecified atom stereocenters. The zero-order valence-electron chi connectivity index (χ0n) is 13.0. The van der Waals surface area contributed by atoms with Gasteiger partial charge in [-0.1, -0.05) is 6.42 Å². The number of aromatic nitrogens is 1. The lowest BCUT2D eigenvalue weighted by Crippen LogP contribution is -2.27. The molecule has 3 heteroatoms. The normalized spacial score (nSPS) is 25.8. The number of likely N-dealkylation sites (tertiary alicyclic amines) is 1. The molecule has 0 radical (unpaired) electrons. The van der Waals surface area contributed by atoms with Gasteiger partial charge in [-0.2, -0.15) is 5.26 Å².